The molecule has 0 aliphatic carbocycles. The van der Waals surface area contributed by atoms with Crippen molar-refractivity contribution in [3.63, 3.8) is 0 Å². The zero-order valence-corrected chi connectivity index (χ0v) is 12.2. The van der Waals surface area contributed by atoms with Gasteiger partial charge in [0, 0.05) is 6.92 Å². The molecule has 1 fully saturated rings. The number of hydrogen-bond acceptors (Lipinski definition) is 7. The number of rotatable bonds is 3. The SMILES string of the molecule is CC(=O)O[C@@H]1[C@@H](O)[C@@H](O)[C@H](Oc2ccc(C#N)cc2)O[C@H]1C. The number of hydrogen-bond donors (Lipinski definition) is 2. The van der Waals surface area contributed by atoms with Crippen LogP contribution < -0.4 is 4.74 Å². The smallest absolute Gasteiger partial charge is 0.303 e. The van der Waals surface area contributed by atoms with Crippen LogP contribution in [0.5, 0.6) is 5.75 Å². The van der Waals surface area contributed by atoms with Crippen LogP contribution >= 0.6 is 0 Å². The summed E-state index contributed by atoms with van der Waals surface area (Å²) >= 11 is 0. The van der Waals surface area contributed by atoms with Crippen LogP contribution in [-0.4, -0.2) is 46.9 Å². The predicted octanol–water partition coefficient (Wildman–Crippen LogP) is 0.335. The van der Waals surface area contributed by atoms with Gasteiger partial charge in [0.05, 0.1) is 17.7 Å². The Bertz CT molecular complexity index is 566. The van der Waals surface area contributed by atoms with Gasteiger partial charge in [-0.3, -0.25) is 4.79 Å². The van der Waals surface area contributed by atoms with Crippen LogP contribution in [0.1, 0.15) is 19.4 Å². The van der Waals surface area contributed by atoms with Gasteiger partial charge >= 0.3 is 5.97 Å². The second kappa shape index (κ2) is 6.75. The van der Waals surface area contributed by atoms with Gasteiger partial charge in [0.1, 0.15) is 18.0 Å². The summed E-state index contributed by atoms with van der Waals surface area (Å²) in [5, 5.41) is 28.8. The van der Waals surface area contributed by atoms with Crippen LogP contribution in [0.2, 0.25) is 0 Å². The number of benzene rings is 1. The average molecular weight is 307 g/mol. The monoisotopic (exact) mass is 307 g/mol. The van der Waals surface area contributed by atoms with Crippen molar-refractivity contribution in [2.75, 3.05) is 0 Å². The number of aliphatic hydroxyl groups excluding tert-OH is 2. The number of carbonyl (C=O) groups excluding carboxylic acids is 1. The number of esters is 1. The molecule has 1 saturated heterocycles. The maximum atomic E-state index is 11.0. The highest BCUT2D eigenvalue weighted by molar-refractivity contribution is 5.66. The lowest BCUT2D eigenvalue weighted by molar-refractivity contribution is -0.272. The minimum atomic E-state index is -1.38. The molecule has 118 valence electrons. The lowest BCUT2D eigenvalue weighted by Crippen LogP contribution is -2.59. The molecule has 1 heterocycles. The molecule has 1 aromatic carbocycles. The van der Waals surface area contributed by atoms with Crippen LogP contribution in [0.25, 0.3) is 0 Å². The van der Waals surface area contributed by atoms with Gasteiger partial charge in [0.25, 0.3) is 0 Å². The van der Waals surface area contributed by atoms with E-state index in [2.05, 4.69) is 0 Å². The summed E-state index contributed by atoms with van der Waals surface area (Å²) in [6.07, 6.45) is -5.42. The van der Waals surface area contributed by atoms with Crippen LogP contribution in [0.15, 0.2) is 24.3 Å². The normalized spacial score (nSPS) is 31.1. The Balaban J connectivity index is 2.06. The molecule has 7 nitrogen and oxygen atoms in total. The largest absolute Gasteiger partial charge is 0.462 e. The maximum absolute atomic E-state index is 11.0. The molecule has 22 heavy (non-hydrogen) atoms. The molecule has 0 unspecified atom stereocenters. The molecule has 1 aliphatic heterocycles. The molecule has 0 amide bonds. The third kappa shape index (κ3) is 3.54. The third-order valence-corrected chi connectivity index (χ3v) is 3.31. The molecule has 0 bridgehead atoms. The average Bonchev–Trinajstić information content (AvgIpc) is 2.49. The van der Waals surface area contributed by atoms with Crippen molar-refractivity contribution in [3.8, 4) is 11.8 Å². The second-order valence-corrected chi connectivity index (χ2v) is 5.02. The zero-order chi connectivity index (χ0) is 16.3. The lowest BCUT2D eigenvalue weighted by atomic mass is 9.99. The van der Waals surface area contributed by atoms with Gasteiger partial charge in [-0.05, 0) is 31.2 Å². The van der Waals surface area contributed by atoms with Crippen molar-refractivity contribution in [2.24, 2.45) is 0 Å². The van der Waals surface area contributed by atoms with Crippen molar-refractivity contribution < 1.29 is 29.2 Å². The van der Waals surface area contributed by atoms with E-state index in [4.69, 9.17) is 19.5 Å². The molecule has 0 aromatic heterocycles. The molecule has 0 spiro atoms. The molecule has 0 radical (unpaired) electrons. The fourth-order valence-electron chi connectivity index (χ4n) is 2.20. The van der Waals surface area contributed by atoms with E-state index >= 15 is 0 Å². The highest BCUT2D eigenvalue weighted by Gasteiger charge is 2.45. The van der Waals surface area contributed by atoms with E-state index in [1.54, 1.807) is 31.2 Å². The van der Waals surface area contributed by atoms with Crippen LogP contribution in [0.3, 0.4) is 0 Å². The number of nitrogens with zero attached hydrogens (tertiary/aromatic N) is 1. The molecule has 5 atom stereocenters. The number of carbonyl (C=O) groups is 1. The minimum Gasteiger partial charge on any atom is -0.462 e. The molecule has 7 heteroatoms. The first kappa shape index (κ1) is 16.2. The molecular weight excluding hydrogens is 290 g/mol. The Labute approximate surface area is 127 Å². The fourth-order valence-corrected chi connectivity index (χ4v) is 2.20. The Hall–Kier alpha value is -2.14. The van der Waals surface area contributed by atoms with Crippen molar-refractivity contribution in [2.45, 2.75) is 44.6 Å². The van der Waals surface area contributed by atoms with Gasteiger partial charge < -0.3 is 24.4 Å². The highest BCUT2D eigenvalue weighted by Crippen LogP contribution is 2.26. The van der Waals surface area contributed by atoms with E-state index < -0.39 is 36.7 Å². The summed E-state index contributed by atoms with van der Waals surface area (Å²) in [6, 6.07) is 8.22. The highest BCUT2D eigenvalue weighted by atomic mass is 16.7. The summed E-state index contributed by atoms with van der Waals surface area (Å²) in [5.74, 6) is -0.188. The first-order valence-electron chi connectivity index (χ1n) is 6.78. The van der Waals surface area contributed by atoms with Crippen molar-refractivity contribution in [1.29, 1.82) is 5.26 Å². The predicted molar refractivity (Wildman–Crippen MR) is 73.7 cm³/mol. The number of nitriles is 1. The fraction of sp³-hybridized carbons (Fsp3) is 0.467. The van der Waals surface area contributed by atoms with Crippen molar-refractivity contribution in [3.05, 3.63) is 29.8 Å². The quantitative estimate of drug-likeness (QED) is 0.775. The van der Waals surface area contributed by atoms with E-state index in [0.29, 0.717) is 11.3 Å². The topological polar surface area (TPSA) is 109 Å². The van der Waals surface area contributed by atoms with E-state index in [0.717, 1.165) is 0 Å². The van der Waals surface area contributed by atoms with Gasteiger partial charge in [0.15, 0.2) is 6.10 Å². The first-order chi connectivity index (χ1) is 10.4. The Morgan fingerprint density at radius 2 is 1.91 bits per heavy atom. The molecule has 1 aliphatic rings. The van der Waals surface area contributed by atoms with E-state index in [-0.39, 0.29) is 0 Å². The Kier molecular flexibility index (Phi) is 4.98. The van der Waals surface area contributed by atoms with E-state index in [1.165, 1.54) is 6.92 Å². The van der Waals surface area contributed by atoms with E-state index in [1.807, 2.05) is 6.07 Å². The van der Waals surface area contributed by atoms with Gasteiger partial charge in [0.2, 0.25) is 6.29 Å². The summed E-state index contributed by atoms with van der Waals surface area (Å²) in [4.78, 5) is 11.0. The number of aliphatic hydroxyl groups is 2. The van der Waals surface area contributed by atoms with Gasteiger partial charge in [-0.25, -0.2) is 0 Å². The summed E-state index contributed by atoms with van der Waals surface area (Å²) < 4.78 is 15.9. The summed E-state index contributed by atoms with van der Waals surface area (Å²) in [7, 11) is 0. The minimum absolute atomic E-state index is 0.383. The van der Waals surface area contributed by atoms with Crippen LogP contribution in [-0.2, 0) is 14.3 Å². The molecule has 2 N–H and O–H groups in total. The van der Waals surface area contributed by atoms with Crippen LogP contribution in [0.4, 0.5) is 0 Å². The molecule has 2 rings (SSSR count). The van der Waals surface area contributed by atoms with E-state index in [9.17, 15) is 15.0 Å². The first-order valence-corrected chi connectivity index (χ1v) is 6.78. The van der Waals surface area contributed by atoms with Crippen molar-refractivity contribution in [1.82, 2.24) is 0 Å². The van der Waals surface area contributed by atoms with Crippen molar-refractivity contribution >= 4 is 5.97 Å². The number of ether oxygens (including phenoxy) is 3. The second-order valence-electron chi connectivity index (χ2n) is 5.02. The van der Waals surface area contributed by atoms with Gasteiger partial charge in [-0.2, -0.15) is 5.26 Å². The molecular formula is C15H17NO6. The maximum Gasteiger partial charge on any atom is 0.303 e. The van der Waals surface area contributed by atoms with Gasteiger partial charge in [-0.15, -0.1) is 0 Å². The zero-order valence-electron chi connectivity index (χ0n) is 12.2. The lowest BCUT2D eigenvalue weighted by Gasteiger charge is -2.40. The molecule has 0 saturated carbocycles. The molecule has 1 aromatic rings. The van der Waals surface area contributed by atoms with Gasteiger partial charge in [-0.1, -0.05) is 0 Å². The summed E-state index contributed by atoms with van der Waals surface area (Å²) in [5.41, 5.74) is 0.473. The Morgan fingerprint density at radius 3 is 2.45 bits per heavy atom. The van der Waals surface area contributed by atoms with Crippen LogP contribution in [0, 0.1) is 11.3 Å². The third-order valence-electron chi connectivity index (χ3n) is 3.31. The Morgan fingerprint density at radius 1 is 1.27 bits per heavy atom. The standard InChI is InChI=1S/C15H17NO6/c1-8-14(21-9(2)17)12(18)13(19)15(20-8)22-11-5-3-10(7-16)4-6-11/h3-6,8,12-15,18-19H,1-2H3/t8-,12-,13+,14-,15-/m0/s1. The summed E-state index contributed by atoms with van der Waals surface area (Å²) in [6.45, 7) is 2.82.